The molecule has 142 valence electrons. The zero-order chi connectivity index (χ0) is 19.4. The molecule has 7 heteroatoms. The Labute approximate surface area is 169 Å². The monoisotopic (exact) mass is 420 g/mol. The summed E-state index contributed by atoms with van der Waals surface area (Å²) in [5, 5.41) is 1.60. The van der Waals surface area contributed by atoms with Gasteiger partial charge in [-0.3, -0.25) is 0 Å². The van der Waals surface area contributed by atoms with Crippen LogP contribution >= 0.6 is 22.9 Å². The van der Waals surface area contributed by atoms with Crippen LogP contribution in [0.2, 0.25) is 5.02 Å². The average Bonchev–Trinajstić information content (AvgIpc) is 3.03. The van der Waals surface area contributed by atoms with Crippen LogP contribution < -0.4 is 4.72 Å². The Bertz CT molecular complexity index is 1010. The summed E-state index contributed by atoms with van der Waals surface area (Å²) in [5.41, 5.74) is 3.05. The number of thiazole rings is 1. The molecule has 3 rings (SSSR count). The number of nitrogens with one attached hydrogen (secondary N) is 1. The lowest BCUT2D eigenvalue weighted by Crippen LogP contribution is -2.25. The fraction of sp³-hybridized carbons (Fsp3) is 0.250. The molecule has 0 spiro atoms. The van der Waals surface area contributed by atoms with Crippen LogP contribution in [0.4, 0.5) is 0 Å². The number of sulfonamides is 1. The number of benzene rings is 2. The molecular formula is C20H21ClN2O2S2. The van der Waals surface area contributed by atoms with Crippen LogP contribution in [0.1, 0.15) is 23.1 Å². The summed E-state index contributed by atoms with van der Waals surface area (Å²) in [5.74, 6) is 0. The Kier molecular flexibility index (Phi) is 6.32. The second-order valence-corrected chi connectivity index (χ2v) is 9.47. The standard InChI is InChI=1S/C20H21ClN2O2S2/c1-3-15-4-10-18(11-5-15)27(24,25)22-13-12-19-14(2)23-20(26-19)16-6-8-17(21)9-7-16/h4-11,22H,3,12-13H2,1-2H3. The van der Waals surface area contributed by atoms with Gasteiger partial charge in [-0.2, -0.15) is 0 Å². The maximum absolute atomic E-state index is 12.4. The van der Waals surface area contributed by atoms with E-state index in [-0.39, 0.29) is 0 Å². The maximum Gasteiger partial charge on any atom is 0.240 e. The van der Waals surface area contributed by atoms with Gasteiger partial charge in [-0.15, -0.1) is 11.3 Å². The van der Waals surface area contributed by atoms with E-state index in [1.807, 2.05) is 50.2 Å². The molecule has 0 aliphatic heterocycles. The normalized spacial score (nSPS) is 11.7. The fourth-order valence-electron chi connectivity index (χ4n) is 2.66. The van der Waals surface area contributed by atoms with Crippen molar-refractivity contribution in [3.05, 3.63) is 69.7 Å². The van der Waals surface area contributed by atoms with Gasteiger partial charge in [0.2, 0.25) is 10.0 Å². The Balaban J connectivity index is 1.65. The SMILES string of the molecule is CCc1ccc(S(=O)(=O)NCCc2sc(-c3ccc(Cl)cc3)nc2C)cc1. The molecule has 0 saturated heterocycles. The van der Waals surface area contributed by atoms with Crippen LogP contribution in [0.5, 0.6) is 0 Å². The highest BCUT2D eigenvalue weighted by atomic mass is 35.5. The molecule has 0 bridgehead atoms. The number of nitrogens with zero attached hydrogens (tertiary/aromatic N) is 1. The van der Waals surface area contributed by atoms with E-state index in [2.05, 4.69) is 9.71 Å². The highest BCUT2D eigenvalue weighted by Gasteiger charge is 2.15. The van der Waals surface area contributed by atoms with Crippen LogP contribution in [0.15, 0.2) is 53.4 Å². The first-order valence-corrected chi connectivity index (χ1v) is 11.4. The van der Waals surface area contributed by atoms with E-state index in [1.165, 1.54) is 0 Å². The number of aromatic nitrogens is 1. The van der Waals surface area contributed by atoms with E-state index in [9.17, 15) is 8.42 Å². The quantitative estimate of drug-likeness (QED) is 0.594. The molecule has 27 heavy (non-hydrogen) atoms. The Morgan fingerprint density at radius 3 is 2.37 bits per heavy atom. The van der Waals surface area contributed by atoms with Gasteiger partial charge < -0.3 is 0 Å². The van der Waals surface area contributed by atoms with Crippen molar-refractivity contribution in [1.29, 1.82) is 0 Å². The van der Waals surface area contributed by atoms with Crippen molar-refractivity contribution in [1.82, 2.24) is 9.71 Å². The Morgan fingerprint density at radius 1 is 1.07 bits per heavy atom. The first-order valence-electron chi connectivity index (χ1n) is 8.70. The van der Waals surface area contributed by atoms with Gasteiger partial charge >= 0.3 is 0 Å². The van der Waals surface area contributed by atoms with Gasteiger partial charge in [-0.25, -0.2) is 18.1 Å². The summed E-state index contributed by atoms with van der Waals surface area (Å²) >= 11 is 7.51. The molecule has 0 fully saturated rings. The van der Waals surface area contributed by atoms with Gasteiger partial charge in [-0.1, -0.05) is 42.8 Å². The molecule has 0 radical (unpaired) electrons. The van der Waals surface area contributed by atoms with Gasteiger partial charge in [-0.05, 0) is 49.6 Å². The number of rotatable bonds is 7. The molecule has 0 aliphatic rings. The number of halogens is 1. The lowest BCUT2D eigenvalue weighted by Gasteiger charge is -2.07. The first kappa shape index (κ1) is 20.0. The molecular weight excluding hydrogens is 400 g/mol. The third-order valence-corrected chi connectivity index (χ3v) is 7.27. The predicted molar refractivity (Wildman–Crippen MR) is 112 cm³/mol. The molecule has 3 aromatic rings. The number of hydrogen-bond acceptors (Lipinski definition) is 4. The summed E-state index contributed by atoms with van der Waals surface area (Å²) < 4.78 is 27.5. The highest BCUT2D eigenvalue weighted by molar-refractivity contribution is 7.89. The van der Waals surface area contributed by atoms with Crippen LogP contribution in [-0.2, 0) is 22.9 Å². The molecule has 1 N–H and O–H groups in total. The van der Waals surface area contributed by atoms with Crippen molar-refractivity contribution in [2.75, 3.05) is 6.54 Å². The van der Waals surface area contributed by atoms with Crippen molar-refractivity contribution in [2.24, 2.45) is 0 Å². The van der Waals surface area contributed by atoms with Crippen molar-refractivity contribution < 1.29 is 8.42 Å². The maximum atomic E-state index is 12.4. The van der Waals surface area contributed by atoms with Crippen molar-refractivity contribution in [3.63, 3.8) is 0 Å². The summed E-state index contributed by atoms with van der Waals surface area (Å²) in [4.78, 5) is 5.97. The Hall–Kier alpha value is -1.73. The van der Waals surface area contributed by atoms with Crippen LogP contribution in [0.25, 0.3) is 10.6 Å². The van der Waals surface area contributed by atoms with Crippen molar-refractivity contribution in [3.8, 4) is 10.6 Å². The van der Waals surface area contributed by atoms with Crippen molar-refractivity contribution in [2.45, 2.75) is 31.6 Å². The molecule has 1 aromatic heterocycles. The van der Waals surface area contributed by atoms with E-state index < -0.39 is 10.0 Å². The lowest BCUT2D eigenvalue weighted by molar-refractivity contribution is 0.581. The minimum Gasteiger partial charge on any atom is -0.241 e. The second kappa shape index (κ2) is 8.52. The largest absolute Gasteiger partial charge is 0.241 e. The number of hydrogen-bond donors (Lipinski definition) is 1. The molecule has 2 aromatic carbocycles. The second-order valence-electron chi connectivity index (χ2n) is 6.18. The van der Waals surface area contributed by atoms with Crippen molar-refractivity contribution >= 4 is 33.0 Å². The lowest BCUT2D eigenvalue weighted by atomic mass is 10.2. The third kappa shape index (κ3) is 4.96. The summed E-state index contributed by atoms with van der Waals surface area (Å²) in [6.45, 7) is 4.32. The van der Waals surface area contributed by atoms with E-state index >= 15 is 0 Å². The molecule has 1 heterocycles. The van der Waals surface area contributed by atoms with Gasteiger partial charge in [0, 0.05) is 22.0 Å². The summed E-state index contributed by atoms with van der Waals surface area (Å²) in [7, 11) is -3.50. The molecule has 0 atom stereocenters. The van der Waals surface area contributed by atoms with Gasteiger partial charge in [0.1, 0.15) is 5.01 Å². The van der Waals surface area contributed by atoms with E-state index in [4.69, 9.17) is 11.6 Å². The molecule has 4 nitrogen and oxygen atoms in total. The smallest absolute Gasteiger partial charge is 0.240 e. The predicted octanol–water partition coefficient (Wildman–Crippen LogP) is 4.86. The third-order valence-electron chi connectivity index (χ3n) is 4.27. The zero-order valence-corrected chi connectivity index (χ0v) is 17.6. The van der Waals surface area contributed by atoms with E-state index in [0.29, 0.717) is 22.9 Å². The average molecular weight is 421 g/mol. The topological polar surface area (TPSA) is 59.1 Å². The van der Waals surface area contributed by atoms with Gasteiger partial charge in [0.05, 0.1) is 10.6 Å². The van der Waals surface area contributed by atoms with Crippen LogP contribution in [-0.4, -0.2) is 19.9 Å². The molecule has 0 unspecified atom stereocenters. The number of aryl methyl sites for hydroxylation is 2. The highest BCUT2D eigenvalue weighted by Crippen LogP contribution is 2.29. The first-order chi connectivity index (χ1) is 12.9. The molecule has 0 saturated carbocycles. The molecule has 0 amide bonds. The van der Waals surface area contributed by atoms with Gasteiger partial charge in [0.25, 0.3) is 0 Å². The van der Waals surface area contributed by atoms with Crippen LogP contribution in [0.3, 0.4) is 0 Å². The van der Waals surface area contributed by atoms with Gasteiger partial charge in [0.15, 0.2) is 0 Å². The zero-order valence-electron chi connectivity index (χ0n) is 15.2. The molecule has 0 aliphatic carbocycles. The Morgan fingerprint density at radius 2 is 1.74 bits per heavy atom. The minimum atomic E-state index is -3.50. The summed E-state index contributed by atoms with van der Waals surface area (Å²) in [6, 6.07) is 14.5. The van der Waals surface area contributed by atoms with E-state index in [1.54, 1.807) is 23.5 Å². The summed E-state index contributed by atoms with van der Waals surface area (Å²) in [6.07, 6.45) is 1.48. The van der Waals surface area contributed by atoms with E-state index in [0.717, 1.165) is 33.1 Å². The minimum absolute atomic E-state index is 0.294. The van der Waals surface area contributed by atoms with Crippen LogP contribution in [0, 0.1) is 6.92 Å². The fourth-order valence-corrected chi connectivity index (χ4v) is 4.89.